The highest BCUT2D eigenvalue weighted by molar-refractivity contribution is 6.31. The fourth-order valence-corrected chi connectivity index (χ4v) is 2.14. The van der Waals surface area contributed by atoms with Crippen LogP contribution in [0, 0.1) is 6.92 Å². The van der Waals surface area contributed by atoms with E-state index in [1.54, 1.807) is 18.2 Å². The number of anilines is 2. The minimum Gasteiger partial charge on any atom is -0.385 e. The third-order valence-corrected chi connectivity index (χ3v) is 3.73. The van der Waals surface area contributed by atoms with Gasteiger partial charge in [0, 0.05) is 34.4 Å². The van der Waals surface area contributed by atoms with Gasteiger partial charge in [-0.1, -0.05) is 29.3 Å². The zero-order chi connectivity index (χ0) is 15.2. The summed E-state index contributed by atoms with van der Waals surface area (Å²) < 4.78 is 0. The molecule has 2 N–H and O–H groups in total. The second-order valence-electron chi connectivity index (χ2n) is 4.64. The van der Waals surface area contributed by atoms with E-state index in [-0.39, 0.29) is 5.91 Å². The van der Waals surface area contributed by atoms with Crippen LogP contribution in [-0.2, 0) is 4.79 Å². The average molecular weight is 323 g/mol. The zero-order valence-corrected chi connectivity index (χ0v) is 13.1. The lowest BCUT2D eigenvalue weighted by molar-refractivity contribution is -0.115. The predicted molar refractivity (Wildman–Crippen MR) is 89.4 cm³/mol. The van der Waals surface area contributed by atoms with Gasteiger partial charge in [0.05, 0.1) is 0 Å². The van der Waals surface area contributed by atoms with Crippen LogP contribution >= 0.6 is 23.2 Å². The summed E-state index contributed by atoms with van der Waals surface area (Å²) in [5, 5.41) is 7.37. The van der Waals surface area contributed by atoms with Crippen LogP contribution < -0.4 is 10.6 Å². The second-order valence-corrected chi connectivity index (χ2v) is 5.49. The molecule has 0 saturated carbocycles. The first-order valence-corrected chi connectivity index (χ1v) is 7.36. The molecule has 0 fully saturated rings. The molecule has 0 atom stereocenters. The molecule has 0 unspecified atom stereocenters. The van der Waals surface area contributed by atoms with Crippen molar-refractivity contribution >= 4 is 40.5 Å². The number of nitrogens with one attached hydrogen (secondary N) is 2. The Morgan fingerprint density at radius 2 is 1.81 bits per heavy atom. The number of carbonyl (C=O) groups excluding carboxylic acids is 1. The van der Waals surface area contributed by atoms with Gasteiger partial charge in [0.2, 0.25) is 5.91 Å². The monoisotopic (exact) mass is 322 g/mol. The lowest BCUT2D eigenvalue weighted by Gasteiger charge is -2.10. The van der Waals surface area contributed by atoms with Gasteiger partial charge in [0.1, 0.15) is 0 Å². The Morgan fingerprint density at radius 1 is 1.10 bits per heavy atom. The molecule has 2 rings (SSSR count). The molecule has 2 aromatic carbocycles. The Morgan fingerprint density at radius 3 is 2.52 bits per heavy atom. The van der Waals surface area contributed by atoms with E-state index in [2.05, 4.69) is 10.6 Å². The molecule has 0 heterocycles. The number of carbonyl (C=O) groups is 1. The predicted octanol–water partition coefficient (Wildman–Crippen LogP) is 4.74. The maximum Gasteiger partial charge on any atom is 0.226 e. The summed E-state index contributed by atoms with van der Waals surface area (Å²) >= 11 is 11.8. The molecule has 5 heteroatoms. The van der Waals surface area contributed by atoms with E-state index in [0.29, 0.717) is 23.0 Å². The molecule has 0 saturated heterocycles. The van der Waals surface area contributed by atoms with Gasteiger partial charge in [-0.25, -0.2) is 0 Å². The average Bonchev–Trinajstić information content (AvgIpc) is 2.46. The van der Waals surface area contributed by atoms with E-state index in [1.807, 2.05) is 31.2 Å². The van der Waals surface area contributed by atoms with Gasteiger partial charge in [-0.2, -0.15) is 0 Å². The lowest BCUT2D eigenvalue weighted by Crippen LogP contribution is -2.16. The van der Waals surface area contributed by atoms with Crippen LogP contribution in [0.4, 0.5) is 11.4 Å². The van der Waals surface area contributed by atoms with Crippen LogP contribution in [0.25, 0.3) is 0 Å². The van der Waals surface area contributed by atoms with Crippen molar-refractivity contribution in [1.82, 2.24) is 0 Å². The molecule has 0 spiro atoms. The van der Waals surface area contributed by atoms with Crippen LogP contribution in [0.3, 0.4) is 0 Å². The molecule has 3 nitrogen and oxygen atoms in total. The van der Waals surface area contributed by atoms with Crippen LogP contribution in [0.1, 0.15) is 12.0 Å². The highest BCUT2D eigenvalue weighted by Gasteiger charge is 2.06. The van der Waals surface area contributed by atoms with Crippen molar-refractivity contribution in [2.75, 3.05) is 17.2 Å². The van der Waals surface area contributed by atoms with E-state index in [1.165, 1.54) is 0 Å². The fraction of sp³-hybridized carbons (Fsp3) is 0.188. The summed E-state index contributed by atoms with van der Waals surface area (Å²) in [6.07, 6.45) is 0.370. The number of hydrogen-bond acceptors (Lipinski definition) is 2. The topological polar surface area (TPSA) is 41.1 Å². The van der Waals surface area contributed by atoms with Crippen molar-refractivity contribution in [3.8, 4) is 0 Å². The SMILES string of the molecule is Cc1c(Cl)cccc1NC(=O)CCNc1ccc(Cl)cc1. The number of halogens is 2. The zero-order valence-electron chi connectivity index (χ0n) is 11.6. The fourth-order valence-electron chi connectivity index (χ4n) is 1.84. The Labute approximate surface area is 134 Å². The van der Waals surface area contributed by atoms with Gasteiger partial charge >= 0.3 is 0 Å². The molecule has 2 aromatic rings. The lowest BCUT2D eigenvalue weighted by atomic mass is 10.2. The van der Waals surface area contributed by atoms with Crippen LogP contribution in [0.15, 0.2) is 42.5 Å². The van der Waals surface area contributed by atoms with E-state index in [9.17, 15) is 4.79 Å². The van der Waals surface area contributed by atoms with Crippen molar-refractivity contribution in [1.29, 1.82) is 0 Å². The molecular formula is C16H16Cl2N2O. The Hall–Kier alpha value is -1.71. The molecule has 0 aliphatic rings. The first-order chi connectivity index (χ1) is 10.1. The summed E-state index contributed by atoms with van der Waals surface area (Å²) in [6.45, 7) is 2.43. The summed E-state index contributed by atoms with van der Waals surface area (Å²) in [7, 11) is 0. The van der Waals surface area contributed by atoms with Gasteiger partial charge in [-0.15, -0.1) is 0 Å². The van der Waals surface area contributed by atoms with Gasteiger partial charge < -0.3 is 10.6 Å². The van der Waals surface area contributed by atoms with Crippen LogP contribution in [0.5, 0.6) is 0 Å². The van der Waals surface area contributed by atoms with Gasteiger partial charge in [0.25, 0.3) is 0 Å². The van der Waals surface area contributed by atoms with Crippen LogP contribution in [-0.4, -0.2) is 12.5 Å². The Kier molecular flexibility index (Phi) is 5.48. The number of amides is 1. The maximum absolute atomic E-state index is 11.9. The number of benzene rings is 2. The quantitative estimate of drug-likeness (QED) is 0.834. The maximum atomic E-state index is 11.9. The standard InChI is InChI=1S/C16H16Cl2N2O/c1-11-14(18)3-2-4-15(11)20-16(21)9-10-19-13-7-5-12(17)6-8-13/h2-8,19H,9-10H2,1H3,(H,20,21). The van der Waals surface area contributed by atoms with E-state index < -0.39 is 0 Å². The van der Waals surface area contributed by atoms with Crippen molar-refractivity contribution in [3.05, 3.63) is 58.1 Å². The first kappa shape index (κ1) is 15.7. The summed E-state index contributed by atoms with van der Waals surface area (Å²) in [6, 6.07) is 12.8. The van der Waals surface area contributed by atoms with Gasteiger partial charge in [-0.05, 0) is 48.9 Å². The summed E-state index contributed by atoms with van der Waals surface area (Å²) in [4.78, 5) is 11.9. The molecule has 1 amide bonds. The molecule has 21 heavy (non-hydrogen) atoms. The van der Waals surface area contributed by atoms with Crippen molar-refractivity contribution in [2.24, 2.45) is 0 Å². The minimum absolute atomic E-state index is 0.0539. The Bertz CT molecular complexity index is 627. The van der Waals surface area contributed by atoms with Gasteiger partial charge in [0.15, 0.2) is 0 Å². The summed E-state index contributed by atoms with van der Waals surface area (Å²) in [5.41, 5.74) is 2.56. The third kappa shape index (κ3) is 4.66. The van der Waals surface area contributed by atoms with Gasteiger partial charge in [-0.3, -0.25) is 4.79 Å². The largest absolute Gasteiger partial charge is 0.385 e. The first-order valence-electron chi connectivity index (χ1n) is 6.60. The van der Waals surface area contributed by atoms with E-state index in [4.69, 9.17) is 23.2 Å². The molecule has 0 aliphatic carbocycles. The highest BCUT2D eigenvalue weighted by Crippen LogP contribution is 2.23. The van der Waals surface area contributed by atoms with E-state index >= 15 is 0 Å². The highest BCUT2D eigenvalue weighted by atomic mass is 35.5. The normalized spacial score (nSPS) is 10.2. The molecule has 0 aromatic heterocycles. The minimum atomic E-state index is -0.0539. The van der Waals surface area contributed by atoms with Crippen molar-refractivity contribution < 1.29 is 4.79 Å². The number of rotatable bonds is 5. The molecular weight excluding hydrogens is 307 g/mol. The third-order valence-electron chi connectivity index (χ3n) is 3.07. The molecule has 0 radical (unpaired) electrons. The molecule has 110 valence electrons. The second kappa shape index (κ2) is 7.34. The Balaban J connectivity index is 1.82. The number of hydrogen-bond donors (Lipinski definition) is 2. The summed E-state index contributed by atoms with van der Waals surface area (Å²) in [5.74, 6) is -0.0539. The van der Waals surface area contributed by atoms with Crippen molar-refractivity contribution in [3.63, 3.8) is 0 Å². The smallest absolute Gasteiger partial charge is 0.226 e. The van der Waals surface area contributed by atoms with Crippen LogP contribution in [0.2, 0.25) is 10.0 Å². The molecule has 0 bridgehead atoms. The van der Waals surface area contributed by atoms with Crippen molar-refractivity contribution in [2.45, 2.75) is 13.3 Å². The molecule has 0 aliphatic heterocycles. The van der Waals surface area contributed by atoms with E-state index in [0.717, 1.165) is 16.9 Å².